The molecule has 0 radical (unpaired) electrons. The van der Waals surface area contributed by atoms with Gasteiger partial charge in [-0.05, 0) is 46.5 Å². The SMILES string of the molecule is COc1ccc(S(=O)(=O)NC(CN)CC(C)C)c(Br)c1. The van der Waals surface area contributed by atoms with E-state index >= 15 is 0 Å². The Morgan fingerprint density at radius 2 is 2.05 bits per heavy atom. The molecule has 1 aromatic rings. The molecular weight excluding hydrogens is 344 g/mol. The van der Waals surface area contributed by atoms with Crippen LogP contribution in [0.2, 0.25) is 0 Å². The lowest BCUT2D eigenvalue weighted by atomic mass is 10.1. The molecular formula is C13H21BrN2O3S. The Labute approximate surface area is 129 Å². The summed E-state index contributed by atoms with van der Waals surface area (Å²) in [4.78, 5) is 0.181. The minimum atomic E-state index is -3.61. The molecule has 0 amide bonds. The zero-order chi connectivity index (χ0) is 15.3. The summed E-state index contributed by atoms with van der Waals surface area (Å²) in [5.41, 5.74) is 5.63. The average molecular weight is 365 g/mol. The van der Waals surface area contributed by atoms with Gasteiger partial charge >= 0.3 is 0 Å². The lowest BCUT2D eigenvalue weighted by molar-refractivity contribution is 0.414. The van der Waals surface area contributed by atoms with Crippen molar-refractivity contribution in [1.29, 1.82) is 0 Å². The van der Waals surface area contributed by atoms with Gasteiger partial charge in [0, 0.05) is 17.1 Å². The fourth-order valence-corrected chi connectivity index (χ4v) is 4.19. The van der Waals surface area contributed by atoms with Gasteiger partial charge in [-0.1, -0.05) is 13.8 Å². The summed E-state index contributed by atoms with van der Waals surface area (Å²) in [6.07, 6.45) is 0.698. The van der Waals surface area contributed by atoms with Crippen LogP contribution >= 0.6 is 15.9 Å². The zero-order valence-electron chi connectivity index (χ0n) is 11.9. The van der Waals surface area contributed by atoms with Crippen LogP contribution in [-0.4, -0.2) is 28.1 Å². The van der Waals surface area contributed by atoms with E-state index in [2.05, 4.69) is 20.7 Å². The van der Waals surface area contributed by atoms with Gasteiger partial charge < -0.3 is 10.5 Å². The quantitative estimate of drug-likeness (QED) is 0.776. The first-order valence-corrected chi connectivity index (χ1v) is 8.63. The van der Waals surface area contributed by atoms with E-state index in [1.165, 1.54) is 13.2 Å². The molecule has 1 rings (SSSR count). The fourth-order valence-electron chi connectivity index (χ4n) is 1.87. The molecule has 3 N–H and O–H groups in total. The molecule has 0 aliphatic rings. The highest BCUT2D eigenvalue weighted by Gasteiger charge is 2.22. The molecule has 20 heavy (non-hydrogen) atoms. The normalized spacial score (nSPS) is 13.5. The number of nitrogens with one attached hydrogen (secondary N) is 1. The molecule has 1 aromatic carbocycles. The first kappa shape index (κ1) is 17.4. The van der Waals surface area contributed by atoms with Crippen molar-refractivity contribution in [3.63, 3.8) is 0 Å². The third-order valence-electron chi connectivity index (χ3n) is 2.79. The van der Waals surface area contributed by atoms with E-state index in [1.54, 1.807) is 12.1 Å². The van der Waals surface area contributed by atoms with Gasteiger partial charge in [-0.2, -0.15) is 0 Å². The molecule has 1 atom stereocenters. The van der Waals surface area contributed by atoms with Gasteiger partial charge in [-0.15, -0.1) is 0 Å². The van der Waals surface area contributed by atoms with Crippen molar-refractivity contribution >= 4 is 26.0 Å². The molecule has 0 aromatic heterocycles. The molecule has 114 valence electrons. The molecule has 0 aliphatic carbocycles. The van der Waals surface area contributed by atoms with Gasteiger partial charge in [-0.25, -0.2) is 13.1 Å². The van der Waals surface area contributed by atoms with Crippen LogP contribution in [0.5, 0.6) is 5.75 Å². The van der Waals surface area contributed by atoms with Crippen LogP contribution in [0.1, 0.15) is 20.3 Å². The van der Waals surface area contributed by atoms with Crippen LogP contribution in [0.15, 0.2) is 27.6 Å². The van der Waals surface area contributed by atoms with Gasteiger partial charge in [-0.3, -0.25) is 0 Å². The number of sulfonamides is 1. The smallest absolute Gasteiger partial charge is 0.241 e. The lowest BCUT2D eigenvalue weighted by Crippen LogP contribution is -2.41. The summed E-state index contributed by atoms with van der Waals surface area (Å²) in [5, 5.41) is 0. The van der Waals surface area contributed by atoms with Gasteiger partial charge in [0.1, 0.15) is 5.75 Å². The van der Waals surface area contributed by atoms with Crippen LogP contribution in [0.3, 0.4) is 0 Å². The molecule has 0 bridgehead atoms. The minimum Gasteiger partial charge on any atom is -0.497 e. The Kier molecular flexibility index (Phi) is 6.44. The van der Waals surface area contributed by atoms with Crippen LogP contribution < -0.4 is 15.2 Å². The highest BCUT2D eigenvalue weighted by Crippen LogP contribution is 2.26. The second-order valence-electron chi connectivity index (χ2n) is 4.98. The average Bonchev–Trinajstić information content (AvgIpc) is 2.36. The summed E-state index contributed by atoms with van der Waals surface area (Å²) in [6.45, 7) is 4.33. The molecule has 0 saturated heterocycles. The second-order valence-corrected chi connectivity index (χ2v) is 7.52. The zero-order valence-corrected chi connectivity index (χ0v) is 14.3. The van der Waals surface area contributed by atoms with Gasteiger partial charge in [0.15, 0.2) is 0 Å². The molecule has 0 spiro atoms. The first-order chi connectivity index (χ1) is 9.30. The van der Waals surface area contributed by atoms with Crippen molar-refractivity contribution in [3.05, 3.63) is 22.7 Å². The molecule has 0 saturated carbocycles. The van der Waals surface area contributed by atoms with Crippen molar-refractivity contribution in [2.45, 2.75) is 31.2 Å². The van der Waals surface area contributed by atoms with Crippen molar-refractivity contribution in [3.8, 4) is 5.75 Å². The summed E-state index contributed by atoms with van der Waals surface area (Å²) < 4.78 is 32.9. The van der Waals surface area contributed by atoms with E-state index in [0.29, 0.717) is 22.6 Å². The van der Waals surface area contributed by atoms with E-state index < -0.39 is 10.0 Å². The Morgan fingerprint density at radius 1 is 1.40 bits per heavy atom. The highest BCUT2D eigenvalue weighted by molar-refractivity contribution is 9.10. The van der Waals surface area contributed by atoms with Crippen LogP contribution in [0.25, 0.3) is 0 Å². The van der Waals surface area contributed by atoms with Crippen molar-refractivity contribution in [1.82, 2.24) is 4.72 Å². The van der Waals surface area contributed by atoms with E-state index in [-0.39, 0.29) is 17.5 Å². The summed E-state index contributed by atoms with van der Waals surface area (Å²) in [6, 6.07) is 4.47. The number of benzene rings is 1. The largest absolute Gasteiger partial charge is 0.497 e. The number of nitrogens with two attached hydrogens (primary N) is 1. The topological polar surface area (TPSA) is 81.4 Å². The molecule has 7 heteroatoms. The third-order valence-corrected chi connectivity index (χ3v) is 5.29. The van der Waals surface area contributed by atoms with Gasteiger partial charge in [0.2, 0.25) is 10.0 Å². The number of hydrogen-bond donors (Lipinski definition) is 2. The predicted octanol–water partition coefficient (Wildman–Crippen LogP) is 2.11. The van der Waals surface area contributed by atoms with E-state index in [4.69, 9.17) is 10.5 Å². The molecule has 5 nitrogen and oxygen atoms in total. The minimum absolute atomic E-state index is 0.181. The Hall–Kier alpha value is -0.630. The number of halogens is 1. The molecule has 0 heterocycles. The lowest BCUT2D eigenvalue weighted by Gasteiger charge is -2.19. The summed E-state index contributed by atoms with van der Waals surface area (Å²) >= 11 is 3.26. The maximum Gasteiger partial charge on any atom is 0.241 e. The second kappa shape index (κ2) is 7.40. The van der Waals surface area contributed by atoms with Gasteiger partial charge in [0.25, 0.3) is 0 Å². The number of rotatable bonds is 7. The molecule has 0 fully saturated rings. The van der Waals surface area contributed by atoms with E-state index in [0.717, 1.165) is 0 Å². The van der Waals surface area contributed by atoms with Crippen LogP contribution in [0, 0.1) is 5.92 Å². The van der Waals surface area contributed by atoms with Crippen LogP contribution in [0.4, 0.5) is 0 Å². The predicted molar refractivity (Wildman–Crippen MR) is 83.3 cm³/mol. The van der Waals surface area contributed by atoms with Crippen molar-refractivity contribution < 1.29 is 13.2 Å². The monoisotopic (exact) mass is 364 g/mol. The standard InChI is InChI=1S/C13H21BrN2O3S/c1-9(2)6-10(8-15)16-20(17,18)13-5-4-11(19-3)7-12(13)14/h4-5,7,9-10,16H,6,8,15H2,1-3H3. The Morgan fingerprint density at radius 3 is 2.50 bits per heavy atom. The summed E-state index contributed by atoms with van der Waals surface area (Å²) in [5.74, 6) is 0.957. The number of ether oxygens (including phenoxy) is 1. The van der Waals surface area contributed by atoms with Crippen molar-refractivity contribution in [2.75, 3.05) is 13.7 Å². The Bertz CT molecular complexity index is 547. The van der Waals surface area contributed by atoms with Crippen molar-refractivity contribution in [2.24, 2.45) is 11.7 Å². The maximum atomic E-state index is 12.4. The van der Waals surface area contributed by atoms with E-state index in [1.807, 2.05) is 13.8 Å². The van der Waals surface area contributed by atoms with E-state index in [9.17, 15) is 8.42 Å². The number of hydrogen-bond acceptors (Lipinski definition) is 4. The van der Waals surface area contributed by atoms with Crippen LogP contribution in [-0.2, 0) is 10.0 Å². The third kappa shape index (κ3) is 4.73. The fraction of sp³-hybridized carbons (Fsp3) is 0.538. The summed E-state index contributed by atoms with van der Waals surface area (Å²) in [7, 11) is -2.08. The first-order valence-electron chi connectivity index (χ1n) is 6.36. The highest BCUT2D eigenvalue weighted by atomic mass is 79.9. The number of methoxy groups -OCH3 is 1. The molecule has 0 aliphatic heterocycles. The molecule has 1 unspecified atom stereocenters. The maximum absolute atomic E-state index is 12.4. The van der Waals surface area contributed by atoms with Gasteiger partial charge in [0.05, 0.1) is 12.0 Å². The Balaban J connectivity index is 2.98.